The standard InChI is InChI=1S/C14H10N4/c1-9-7-17-13(3-11(9)5-15)14-4-12(6-16)10(2)8-18-14/h3-4,7-8H,1-2H3. The maximum Gasteiger partial charge on any atom is 0.0995 e. The van der Waals surface area contributed by atoms with Crippen LogP contribution in [0.4, 0.5) is 0 Å². The van der Waals surface area contributed by atoms with Crippen molar-refractivity contribution in [3.8, 4) is 23.5 Å². The van der Waals surface area contributed by atoms with Gasteiger partial charge in [-0.05, 0) is 37.1 Å². The van der Waals surface area contributed by atoms with E-state index < -0.39 is 0 Å². The molecular weight excluding hydrogens is 224 g/mol. The first-order valence-corrected chi connectivity index (χ1v) is 5.39. The number of rotatable bonds is 1. The van der Waals surface area contributed by atoms with E-state index in [1.54, 1.807) is 24.5 Å². The third-order valence-electron chi connectivity index (χ3n) is 2.71. The normalized spacial score (nSPS) is 9.56. The van der Waals surface area contributed by atoms with Crippen molar-refractivity contribution in [1.82, 2.24) is 9.97 Å². The van der Waals surface area contributed by atoms with Gasteiger partial charge >= 0.3 is 0 Å². The lowest BCUT2D eigenvalue weighted by molar-refractivity contribution is 1.19. The molecule has 2 aromatic heterocycles. The van der Waals surface area contributed by atoms with E-state index in [0.717, 1.165) is 11.1 Å². The molecule has 86 valence electrons. The lowest BCUT2D eigenvalue weighted by atomic mass is 10.1. The molecule has 0 N–H and O–H groups in total. The Labute approximate surface area is 105 Å². The Balaban J connectivity index is 2.57. The van der Waals surface area contributed by atoms with Crippen molar-refractivity contribution in [2.24, 2.45) is 0 Å². The smallest absolute Gasteiger partial charge is 0.0995 e. The number of nitriles is 2. The SMILES string of the molecule is Cc1cnc(-c2cc(C#N)c(C)cn2)cc1C#N. The highest BCUT2D eigenvalue weighted by Crippen LogP contribution is 2.19. The zero-order valence-electron chi connectivity index (χ0n) is 10.1. The quantitative estimate of drug-likeness (QED) is 0.759. The maximum atomic E-state index is 8.98. The number of hydrogen-bond donors (Lipinski definition) is 0. The minimum Gasteiger partial charge on any atom is -0.254 e. The molecule has 0 aliphatic rings. The molecule has 0 aliphatic carbocycles. The lowest BCUT2D eigenvalue weighted by Crippen LogP contribution is -1.93. The molecule has 2 heterocycles. The zero-order chi connectivity index (χ0) is 13.1. The van der Waals surface area contributed by atoms with Crippen LogP contribution in [0.1, 0.15) is 22.3 Å². The van der Waals surface area contributed by atoms with Gasteiger partial charge < -0.3 is 0 Å². The van der Waals surface area contributed by atoms with Crippen molar-refractivity contribution in [2.75, 3.05) is 0 Å². The van der Waals surface area contributed by atoms with Crippen LogP contribution in [0.15, 0.2) is 24.5 Å². The second-order valence-electron chi connectivity index (χ2n) is 3.99. The van der Waals surface area contributed by atoms with Gasteiger partial charge in [-0.1, -0.05) is 0 Å². The average Bonchev–Trinajstić information content (AvgIpc) is 2.40. The first kappa shape index (κ1) is 11.8. The van der Waals surface area contributed by atoms with E-state index in [0.29, 0.717) is 22.5 Å². The molecule has 2 rings (SSSR count). The van der Waals surface area contributed by atoms with Crippen LogP contribution in [0.3, 0.4) is 0 Å². The van der Waals surface area contributed by atoms with E-state index in [-0.39, 0.29) is 0 Å². The Morgan fingerprint density at radius 3 is 1.56 bits per heavy atom. The summed E-state index contributed by atoms with van der Waals surface area (Å²) in [5.74, 6) is 0. The molecule has 0 unspecified atom stereocenters. The summed E-state index contributed by atoms with van der Waals surface area (Å²) in [6.07, 6.45) is 3.28. The largest absolute Gasteiger partial charge is 0.254 e. The fourth-order valence-electron chi connectivity index (χ4n) is 1.57. The van der Waals surface area contributed by atoms with Crippen LogP contribution in [-0.4, -0.2) is 9.97 Å². The van der Waals surface area contributed by atoms with Crippen LogP contribution in [-0.2, 0) is 0 Å². The number of pyridine rings is 2. The zero-order valence-corrected chi connectivity index (χ0v) is 10.1. The molecule has 4 heteroatoms. The van der Waals surface area contributed by atoms with E-state index >= 15 is 0 Å². The van der Waals surface area contributed by atoms with Gasteiger partial charge in [-0.3, -0.25) is 9.97 Å². The van der Waals surface area contributed by atoms with Crippen molar-refractivity contribution in [3.05, 3.63) is 46.8 Å². The van der Waals surface area contributed by atoms with Gasteiger partial charge in [-0.2, -0.15) is 10.5 Å². The molecule has 0 aliphatic heterocycles. The highest BCUT2D eigenvalue weighted by molar-refractivity contribution is 5.60. The molecule has 0 spiro atoms. The van der Waals surface area contributed by atoms with E-state index in [2.05, 4.69) is 22.1 Å². The van der Waals surface area contributed by atoms with Gasteiger partial charge in [0.25, 0.3) is 0 Å². The number of hydrogen-bond acceptors (Lipinski definition) is 4. The van der Waals surface area contributed by atoms with Crippen molar-refractivity contribution in [3.63, 3.8) is 0 Å². The van der Waals surface area contributed by atoms with Gasteiger partial charge in [0.15, 0.2) is 0 Å². The number of nitrogens with zero attached hydrogens (tertiary/aromatic N) is 4. The molecule has 18 heavy (non-hydrogen) atoms. The third-order valence-corrected chi connectivity index (χ3v) is 2.71. The third kappa shape index (κ3) is 2.05. The molecule has 0 bridgehead atoms. The molecule has 0 fully saturated rings. The predicted octanol–water partition coefficient (Wildman–Crippen LogP) is 2.50. The molecular formula is C14H10N4. The van der Waals surface area contributed by atoms with E-state index in [1.807, 2.05) is 13.8 Å². The van der Waals surface area contributed by atoms with Gasteiger partial charge in [0.1, 0.15) is 0 Å². The summed E-state index contributed by atoms with van der Waals surface area (Å²) in [5, 5.41) is 18.0. The molecule has 0 saturated heterocycles. The molecule has 4 nitrogen and oxygen atoms in total. The van der Waals surface area contributed by atoms with Crippen LogP contribution in [0.25, 0.3) is 11.4 Å². The second-order valence-corrected chi connectivity index (χ2v) is 3.99. The molecule has 0 atom stereocenters. The van der Waals surface area contributed by atoms with Crippen molar-refractivity contribution in [2.45, 2.75) is 13.8 Å². The highest BCUT2D eigenvalue weighted by atomic mass is 14.8. The molecule has 0 aromatic carbocycles. The number of aryl methyl sites for hydroxylation is 2. The van der Waals surface area contributed by atoms with E-state index in [4.69, 9.17) is 10.5 Å². The molecule has 0 amide bonds. The van der Waals surface area contributed by atoms with E-state index in [1.165, 1.54) is 0 Å². The van der Waals surface area contributed by atoms with Gasteiger partial charge in [0.2, 0.25) is 0 Å². The van der Waals surface area contributed by atoms with Crippen LogP contribution in [0.2, 0.25) is 0 Å². The fraction of sp³-hybridized carbons (Fsp3) is 0.143. The van der Waals surface area contributed by atoms with Gasteiger partial charge in [-0.15, -0.1) is 0 Å². The Morgan fingerprint density at radius 1 is 0.833 bits per heavy atom. The highest BCUT2D eigenvalue weighted by Gasteiger charge is 2.07. The Bertz CT molecular complexity index is 628. The summed E-state index contributed by atoms with van der Waals surface area (Å²) < 4.78 is 0. The number of aromatic nitrogens is 2. The minimum atomic E-state index is 0.570. The Kier molecular flexibility index (Phi) is 3.03. The molecule has 0 saturated carbocycles. The van der Waals surface area contributed by atoms with Gasteiger partial charge in [-0.25, -0.2) is 0 Å². The summed E-state index contributed by atoms with van der Waals surface area (Å²) in [7, 11) is 0. The average molecular weight is 234 g/mol. The Morgan fingerprint density at radius 2 is 1.22 bits per heavy atom. The minimum absolute atomic E-state index is 0.570. The predicted molar refractivity (Wildman–Crippen MR) is 66.4 cm³/mol. The van der Waals surface area contributed by atoms with Crippen LogP contribution in [0, 0.1) is 36.5 Å². The summed E-state index contributed by atoms with van der Waals surface area (Å²) in [5.41, 5.74) is 4.01. The molecule has 2 aromatic rings. The summed E-state index contributed by atoms with van der Waals surface area (Å²) in [6, 6.07) is 7.60. The lowest BCUT2D eigenvalue weighted by Gasteiger charge is -2.04. The van der Waals surface area contributed by atoms with Crippen LogP contribution in [0.5, 0.6) is 0 Å². The van der Waals surface area contributed by atoms with Crippen molar-refractivity contribution >= 4 is 0 Å². The monoisotopic (exact) mass is 234 g/mol. The van der Waals surface area contributed by atoms with Crippen molar-refractivity contribution < 1.29 is 0 Å². The van der Waals surface area contributed by atoms with Gasteiger partial charge in [0.05, 0.1) is 34.7 Å². The van der Waals surface area contributed by atoms with E-state index in [9.17, 15) is 0 Å². The first-order valence-electron chi connectivity index (χ1n) is 5.39. The fourth-order valence-corrected chi connectivity index (χ4v) is 1.57. The summed E-state index contributed by atoms with van der Waals surface area (Å²) in [6.45, 7) is 3.66. The summed E-state index contributed by atoms with van der Waals surface area (Å²) >= 11 is 0. The molecule has 0 radical (unpaired) electrons. The first-order chi connectivity index (χ1) is 8.65. The Hall–Kier alpha value is -2.72. The van der Waals surface area contributed by atoms with Crippen LogP contribution >= 0.6 is 0 Å². The van der Waals surface area contributed by atoms with Crippen LogP contribution < -0.4 is 0 Å². The maximum absolute atomic E-state index is 8.98. The van der Waals surface area contributed by atoms with Crippen molar-refractivity contribution in [1.29, 1.82) is 10.5 Å². The summed E-state index contributed by atoms with van der Waals surface area (Å²) in [4.78, 5) is 8.48. The van der Waals surface area contributed by atoms with Gasteiger partial charge in [0, 0.05) is 12.4 Å². The second kappa shape index (κ2) is 4.65. The topological polar surface area (TPSA) is 73.4 Å².